The second kappa shape index (κ2) is 7.43. The molecule has 0 saturated carbocycles. The van der Waals surface area contributed by atoms with E-state index < -0.39 is 11.9 Å². The molecule has 7 heteroatoms. The number of piperidine rings is 1. The average Bonchev–Trinajstić information content (AvgIpc) is 3.21. The fourth-order valence-corrected chi connectivity index (χ4v) is 3.12. The predicted octanol–water partition coefficient (Wildman–Crippen LogP) is 2.49. The number of aliphatic carboxylic acids is 1. The molecule has 3 rings (SSSR count). The maximum atomic E-state index is 12.9. The Labute approximate surface area is 150 Å². The largest absolute Gasteiger partial charge is 0.481 e. The van der Waals surface area contributed by atoms with Gasteiger partial charge in [0.1, 0.15) is 0 Å². The number of hydrogen-bond acceptors (Lipinski definition) is 4. The molecule has 2 heterocycles. The van der Waals surface area contributed by atoms with Crippen molar-refractivity contribution in [3.63, 3.8) is 0 Å². The van der Waals surface area contributed by atoms with E-state index in [2.05, 4.69) is 0 Å². The van der Waals surface area contributed by atoms with Gasteiger partial charge in [-0.05, 0) is 37.1 Å². The molecule has 1 N–H and O–H groups in total. The summed E-state index contributed by atoms with van der Waals surface area (Å²) in [4.78, 5) is 39.5. The molecular formula is C19H20N2O5. The van der Waals surface area contributed by atoms with Crippen LogP contribution in [0.3, 0.4) is 0 Å². The van der Waals surface area contributed by atoms with Crippen molar-refractivity contribution >= 4 is 23.5 Å². The van der Waals surface area contributed by atoms with Crippen LogP contribution in [0.1, 0.15) is 33.8 Å². The molecule has 2 amide bonds. The van der Waals surface area contributed by atoms with Crippen molar-refractivity contribution in [1.82, 2.24) is 4.90 Å². The van der Waals surface area contributed by atoms with E-state index in [-0.39, 0.29) is 17.6 Å². The number of carbonyl (C=O) groups is 3. The van der Waals surface area contributed by atoms with Gasteiger partial charge in [0.2, 0.25) is 0 Å². The first-order valence-corrected chi connectivity index (χ1v) is 8.41. The highest BCUT2D eigenvalue weighted by atomic mass is 16.4. The number of furan rings is 1. The maximum Gasteiger partial charge on any atom is 0.306 e. The van der Waals surface area contributed by atoms with E-state index in [4.69, 9.17) is 9.52 Å². The Morgan fingerprint density at radius 3 is 2.42 bits per heavy atom. The lowest BCUT2D eigenvalue weighted by Crippen LogP contribution is -2.41. The molecule has 0 aliphatic carbocycles. The first kappa shape index (κ1) is 17.7. The number of carbonyl (C=O) groups excluding carboxylic acids is 2. The minimum absolute atomic E-state index is 0.192. The molecule has 2 aromatic rings. The molecule has 0 unspecified atom stereocenters. The molecule has 1 aliphatic rings. The number of hydrogen-bond donors (Lipinski definition) is 1. The van der Waals surface area contributed by atoms with Crippen LogP contribution in [0, 0.1) is 5.92 Å². The number of benzene rings is 1. The molecule has 0 bridgehead atoms. The smallest absolute Gasteiger partial charge is 0.306 e. The van der Waals surface area contributed by atoms with E-state index >= 15 is 0 Å². The van der Waals surface area contributed by atoms with Gasteiger partial charge in [-0.1, -0.05) is 12.1 Å². The summed E-state index contributed by atoms with van der Waals surface area (Å²) in [5, 5.41) is 9.09. The average molecular weight is 356 g/mol. The highest BCUT2D eigenvalue weighted by Gasteiger charge is 2.29. The molecule has 0 radical (unpaired) electrons. The third-order valence-electron chi connectivity index (χ3n) is 4.66. The molecule has 1 aromatic heterocycles. The van der Waals surface area contributed by atoms with Crippen molar-refractivity contribution in [1.29, 1.82) is 0 Å². The minimum Gasteiger partial charge on any atom is -0.481 e. The number of likely N-dealkylation sites (tertiary alicyclic amines) is 1. The minimum atomic E-state index is -0.818. The molecule has 1 aromatic carbocycles. The molecule has 1 aliphatic heterocycles. The highest BCUT2D eigenvalue weighted by Crippen LogP contribution is 2.25. The van der Waals surface area contributed by atoms with E-state index in [0.29, 0.717) is 37.2 Å². The maximum absolute atomic E-state index is 12.9. The Morgan fingerprint density at radius 1 is 1.12 bits per heavy atom. The number of anilines is 1. The predicted molar refractivity (Wildman–Crippen MR) is 94.1 cm³/mol. The van der Waals surface area contributed by atoms with Crippen LogP contribution in [0.15, 0.2) is 47.1 Å². The molecule has 136 valence electrons. The van der Waals surface area contributed by atoms with E-state index in [1.807, 2.05) is 0 Å². The van der Waals surface area contributed by atoms with Gasteiger partial charge in [-0.15, -0.1) is 0 Å². The summed E-state index contributed by atoms with van der Waals surface area (Å²) in [5.41, 5.74) is 0.892. The summed E-state index contributed by atoms with van der Waals surface area (Å²) in [6.07, 6.45) is 2.29. The third-order valence-corrected chi connectivity index (χ3v) is 4.66. The van der Waals surface area contributed by atoms with Gasteiger partial charge in [0.05, 0.1) is 23.4 Å². The van der Waals surface area contributed by atoms with Crippen molar-refractivity contribution in [2.24, 2.45) is 5.92 Å². The lowest BCUT2D eigenvalue weighted by atomic mass is 9.96. The number of carboxylic acid groups (broad SMARTS) is 1. The van der Waals surface area contributed by atoms with Crippen LogP contribution in [0.4, 0.5) is 5.69 Å². The van der Waals surface area contributed by atoms with E-state index in [9.17, 15) is 14.4 Å². The van der Waals surface area contributed by atoms with E-state index in [1.165, 1.54) is 11.2 Å². The third kappa shape index (κ3) is 3.46. The highest BCUT2D eigenvalue weighted by molar-refractivity contribution is 6.09. The van der Waals surface area contributed by atoms with Crippen LogP contribution in [-0.2, 0) is 4.79 Å². The SMILES string of the molecule is CN(C(=O)c1ccco1)c1ccccc1C(=O)N1CCC(C(=O)O)CC1. The zero-order chi connectivity index (χ0) is 18.7. The van der Waals surface area contributed by atoms with Crippen molar-refractivity contribution < 1.29 is 23.9 Å². The van der Waals surface area contributed by atoms with Crippen LogP contribution in [-0.4, -0.2) is 47.9 Å². The Hall–Kier alpha value is -3.09. The molecule has 1 saturated heterocycles. The van der Waals surface area contributed by atoms with Crippen molar-refractivity contribution in [2.45, 2.75) is 12.8 Å². The topological polar surface area (TPSA) is 91.1 Å². The lowest BCUT2D eigenvalue weighted by molar-refractivity contribution is -0.143. The van der Waals surface area contributed by atoms with Crippen LogP contribution in [0.25, 0.3) is 0 Å². The van der Waals surface area contributed by atoms with E-state index in [0.717, 1.165) is 0 Å². The first-order valence-electron chi connectivity index (χ1n) is 8.41. The Bertz CT molecular complexity index is 807. The van der Waals surface area contributed by atoms with E-state index in [1.54, 1.807) is 48.3 Å². The monoisotopic (exact) mass is 356 g/mol. The first-order chi connectivity index (χ1) is 12.5. The fraction of sp³-hybridized carbons (Fsp3) is 0.316. The molecule has 26 heavy (non-hydrogen) atoms. The second-order valence-electron chi connectivity index (χ2n) is 6.26. The van der Waals surface area contributed by atoms with Gasteiger partial charge in [0.25, 0.3) is 11.8 Å². The number of para-hydroxylation sites is 1. The molecular weight excluding hydrogens is 336 g/mol. The zero-order valence-electron chi connectivity index (χ0n) is 14.4. The Kier molecular flexibility index (Phi) is 5.06. The number of rotatable bonds is 4. The molecule has 1 fully saturated rings. The van der Waals surface area contributed by atoms with Gasteiger partial charge in [-0.25, -0.2) is 0 Å². The summed E-state index contributed by atoms with van der Waals surface area (Å²) in [6, 6.07) is 10.1. The van der Waals surface area contributed by atoms with Gasteiger partial charge in [0.15, 0.2) is 5.76 Å². The standard InChI is InChI=1S/C19H20N2O5/c1-20(18(23)16-7-4-12-26-16)15-6-3-2-5-14(15)17(22)21-10-8-13(9-11-21)19(24)25/h2-7,12-13H,8-11H2,1H3,(H,24,25). The van der Waals surface area contributed by atoms with Crippen LogP contribution in [0.2, 0.25) is 0 Å². The normalized spacial score (nSPS) is 14.9. The Balaban J connectivity index is 1.80. The van der Waals surface area contributed by atoms with Crippen molar-refractivity contribution in [3.8, 4) is 0 Å². The lowest BCUT2D eigenvalue weighted by Gasteiger charge is -2.31. The second-order valence-corrected chi connectivity index (χ2v) is 6.26. The van der Waals surface area contributed by atoms with Crippen molar-refractivity contribution in [3.05, 3.63) is 54.0 Å². The summed E-state index contributed by atoms with van der Waals surface area (Å²) in [5.74, 6) is -1.58. The van der Waals surface area contributed by atoms with Crippen molar-refractivity contribution in [2.75, 3.05) is 25.0 Å². The summed E-state index contributed by atoms with van der Waals surface area (Å²) in [6.45, 7) is 0.778. The van der Waals surface area contributed by atoms with Gasteiger partial charge < -0.3 is 19.3 Å². The van der Waals surface area contributed by atoms with Gasteiger partial charge in [-0.3, -0.25) is 14.4 Å². The van der Waals surface area contributed by atoms with Crippen LogP contribution >= 0.6 is 0 Å². The summed E-state index contributed by atoms with van der Waals surface area (Å²) >= 11 is 0. The molecule has 0 spiro atoms. The summed E-state index contributed by atoms with van der Waals surface area (Å²) < 4.78 is 5.15. The van der Waals surface area contributed by atoms with Gasteiger partial charge in [-0.2, -0.15) is 0 Å². The fourth-order valence-electron chi connectivity index (χ4n) is 3.12. The van der Waals surface area contributed by atoms with Crippen LogP contribution in [0.5, 0.6) is 0 Å². The number of nitrogens with zero attached hydrogens (tertiary/aromatic N) is 2. The Morgan fingerprint density at radius 2 is 1.81 bits per heavy atom. The molecule has 7 nitrogen and oxygen atoms in total. The molecule has 0 atom stereocenters. The van der Waals surface area contributed by atoms with Gasteiger partial charge >= 0.3 is 5.97 Å². The quantitative estimate of drug-likeness (QED) is 0.909. The zero-order valence-corrected chi connectivity index (χ0v) is 14.4. The number of amides is 2. The summed E-state index contributed by atoms with van der Waals surface area (Å²) in [7, 11) is 1.59. The van der Waals surface area contributed by atoms with Gasteiger partial charge in [0, 0.05) is 20.1 Å². The number of carboxylic acids is 1. The van der Waals surface area contributed by atoms with Crippen LogP contribution < -0.4 is 4.90 Å².